The molecule has 0 aromatic carbocycles. The van der Waals surface area contributed by atoms with Crippen LogP contribution in [-0.2, 0) is 4.43 Å². The van der Waals surface area contributed by atoms with Crippen molar-refractivity contribution in [1.82, 2.24) is 0 Å². The topological polar surface area (TPSA) is 9.23 Å². The summed E-state index contributed by atoms with van der Waals surface area (Å²) < 4.78 is 5.61. The first-order valence-electron chi connectivity index (χ1n) is 3.77. The van der Waals surface area contributed by atoms with E-state index in [0.717, 1.165) is 0 Å². The minimum absolute atomic E-state index is 0. The van der Waals surface area contributed by atoms with Crippen molar-refractivity contribution < 1.29 is 23.3 Å². The Balaban J connectivity index is 0. The molecule has 1 nitrogen and oxygen atoms in total. The van der Waals surface area contributed by atoms with Gasteiger partial charge in [-0.3, -0.25) is 0 Å². The van der Waals surface area contributed by atoms with Crippen LogP contribution in [0.15, 0.2) is 0 Å². The van der Waals surface area contributed by atoms with Crippen molar-refractivity contribution in [3.63, 3.8) is 0 Å². The molecule has 0 bridgehead atoms. The molecule has 0 atom stereocenters. The van der Waals surface area contributed by atoms with Crippen molar-refractivity contribution in [2.24, 2.45) is 0 Å². The van der Waals surface area contributed by atoms with E-state index in [1.54, 1.807) is 0 Å². The molecule has 0 unspecified atom stereocenters. The standard InChI is InChI=1S/C8H19OSi.Li/c1-7-9-10(5,6)8(2,3)4;/h7H,1-6H3;/q-1;+1. The van der Waals surface area contributed by atoms with Crippen LogP contribution in [0.2, 0.25) is 18.1 Å². The van der Waals surface area contributed by atoms with Gasteiger partial charge in [0, 0.05) is 0 Å². The Morgan fingerprint density at radius 2 is 1.55 bits per heavy atom. The van der Waals surface area contributed by atoms with Crippen molar-refractivity contribution in [2.75, 3.05) is 0 Å². The van der Waals surface area contributed by atoms with E-state index in [1.807, 2.05) is 13.5 Å². The summed E-state index contributed by atoms with van der Waals surface area (Å²) in [6, 6.07) is 0. The van der Waals surface area contributed by atoms with E-state index in [1.165, 1.54) is 0 Å². The van der Waals surface area contributed by atoms with Gasteiger partial charge in [-0.2, -0.15) is 6.92 Å². The van der Waals surface area contributed by atoms with Crippen LogP contribution in [0.4, 0.5) is 0 Å². The molecule has 0 aliphatic heterocycles. The van der Waals surface area contributed by atoms with Crippen LogP contribution < -0.4 is 18.9 Å². The first kappa shape index (κ1) is 14.3. The third-order valence-electron chi connectivity index (χ3n) is 2.22. The van der Waals surface area contributed by atoms with Gasteiger partial charge >= 0.3 is 18.9 Å². The van der Waals surface area contributed by atoms with Crippen molar-refractivity contribution in [3.05, 3.63) is 6.61 Å². The van der Waals surface area contributed by atoms with Gasteiger partial charge in [0.15, 0.2) is 8.32 Å². The Morgan fingerprint density at radius 3 is 1.64 bits per heavy atom. The van der Waals surface area contributed by atoms with Gasteiger partial charge in [0.2, 0.25) is 0 Å². The van der Waals surface area contributed by atoms with Gasteiger partial charge < -0.3 is 4.43 Å². The predicted molar refractivity (Wildman–Crippen MR) is 48.3 cm³/mol. The third-order valence-corrected chi connectivity index (χ3v) is 6.66. The summed E-state index contributed by atoms with van der Waals surface area (Å²) in [5.41, 5.74) is 0. The average Bonchev–Trinajstić information content (AvgIpc) is 1.61. The zero-order valence-corrected chi connectivity index (χ0v) is 9.99. The minimum atomic E-state index is -1.46. The van der Waals surface area contributed by atoms with Crippen molar-refractivity contribution in [1.29, 1.82) is 0 Å². The molecule has 0 heterocycles. The van der Waals surface area contributed by atoms with Crippen molar-refractivity contribution >= 4 is 8.32 Å². The second-order valence-corrected chi connectivity index (χ2v) is 8.87. The van der Waals surface area contributed by atoms with Crippen molar-refractivity contribution in [2.45, 2.75) is 45.8 Å². The van der Waals surface area contributed by atoms with Gasteiger partial charge in [-0.1, -0.05) is 20.8 Å². The van der Waals surface area contributed by atoms with E-state index in [0.29, 0.717) is 5.04 Å². The molecule has 11 heavy (non-hydrogen) atoms. The van der Waals surface area contributed by atoms with Gasteiger partial charge in [0.25, 0.3) is 0 Å². The molecular weight excluding hydrogens is 147 g/mol. The molecule has 0 aromatic rings. The quantitative estimate of drug-likeness (QED) is 0.420. The van der Waals surface area contributed by atoms with E-state index in [-0.39, 0.29) is 18.9 Å². The van der Waals surface area contributed by atoms with E-state index in [4.69, 9.17) is 4.43 Å². The summed E-state index contributed by atoms with van der Waals surface area (Å²) in [4.78, 5) is 0. The predicted octanol–water partition coefficient (Wildman–Crippen LogP) is 0.194. The fourth-order valence-electron chi connectivity index (χ4n) is 0.471. The van der Waals surface area contributed by atoms with Gasteiger partial charge in [-0.15, -0.1) is 0 Å². The second kappa shape index (κ2) is 4.72. The van der Waals surface area contributed by atoms with Crippen LogP contribution in [-0.4, -0.2) is 8.32 Å². The first-order valence-corrected chi connectivity index (χ1v) is 6.68. The normalized spacial score (nSPS) is 12.5. The van der Waals surface area contributed by atoms with Crippen LogP contribution in [0.25, 0.3) is 0 Å². The van der Waals surface area contributed by atoms with Gasteiger partial charge in [0.05, 0.1) is 0 Å². The largest absolute Gasteiger partial charge is 1.00 e. The maximum absolute atomic E-state index is 5.61. The minimum Gasteiger partial charge on any atom is -0.592 e. The van der Waals surface area contributed by atoms with Crippen molar-refractivity contribution in [3.8, 4) is 0 Å². The zero-order chi connectivity index (χ0) is 8.41. The smallest absolute Gasteiger partial charge is 0.592 e. The molecule has 0 spiro atoms. The van der Waals surface area contributed by atoms with Crippen LogP contribution in [0, 0.1) is 6.61 Å². The number of hydrogen-bond donors (Lipinski definition) is 0. The Kier molecular flexibility index (Phi) is 6.13. The summed E-state index contributed by atoms with van der Waals surface area (Å²) in [5.74, 6) is 0. The molecular formula is C8H19LiOSi. The molecule has 0 aliphatic carbocycles. The van der Waals surface area contributed by atoms with Crippen LogP contribution in [0.1, 0.15) is 27.7 Å². The molecule has 0 saturated heterocycles. The van der Waals surface area contributed by atoms with Crippen LogP contribution in [0.3, 0.4) is 0 Å². The fourth-order valence-corrected chi connectivity index (χ4v) is 1.41. The molecule has 3 heteroatoms. The monoisotopic (exact) mass is 166 g/mol. The first-order chi connectivity index (χ1) is 4.31. The molecule has 0 amide bonds. The molecule has 0 aliphatic rings. The van der Waals surface area contributed by atoms with E-state index >= 15 is 0 Å². The number of hydrogen-bond acceptors (Lipinski definition) is 1. The summed E-state index contributed by atoms with van der Waals surface area (Å²) >= 11 is 0. The van der Waals surface area contributed by atoms with Gasteiger partial charge in [0.1, 0.15) is 0 Å². The SMILES string of the molecule is C[CH-]O[Si](C)(C)C(C)(C)C.[Li+]. The maximum atomic E-state index is 5.61. The molecule has 0 saturated carbocycles. The summed E-state index contributed by atoms with van der Waals surface area (Å²) in [5, 5.41) is 0.333. The summed E-state index contributed by atoms with van der Waals surface area (Å²) in [7, 11) is -1.46. The molecule has 62 valence electrons. The molecule has 0 radical (unpaired) electrons. The summed E-state index contributed by atoms with van der Waals surface area (Å²) in [6.07, 6.45) is 0. The third kappa shape index (κ3) is 4.37. The Bertz CT molecular complexity index is 107. The van der Waals surface area contributed by atoms with E-state index in [2.05, 4.69) is 33.9 Å². The summed E-state index contributed by atoms with van der Waals surface area (Å²) in [6.45, 7) is 15.0. The Hall–Kier alpha value is 0.774. The second-order valence-electron chi connectivity index (χ2n) is 4.11. The Labute approximate surface area is 84.2 Å². The molecule has 0 N–H and O–H groups in total. The average molecular weight is 166 g/mol. The maximum Gasteiger partial charge on any atom is 1.00 e. The molecule has 0 aromatic heterocycles. The van der Waals surface area contributed by atoms with Gasteiger partial charge in [-0.05, 0) is 18.1 Å². The van der Waals surface area contributed by atoms with E-state index in [9.17, 15) is 0 Å². The number of rotatable bonds is 2. The Morgan fingerprint density at radius 1 is 1.18 bits per heavy atom. The molecule has 0 rings (SSSR count). The molecule has 0 fully saturated rings. The van der Waals surface area contributed by atoms with Crippen LogP contribution in [0.5, 0.6) is 0 Å². The van der Waals surface area contributed by atoms with Crippen LogP contribution >= 0.6 is 0 Å². The zero-order valence-electron chi connectivity index (χ0n) is 8.99. The fraction of sp³-hybridized carbons (Fsp3) is 0.875. The van der Waals surface area contributed by atoms with Gasteiger partial charge in [-0.25, -0.2) is 6.61 Å². The van der Waals surface area contributed by atoms with E-state index < -0.39 is 8.32 Å².